The van der Waals surface area contributed by atoms with Gasteiger partial charge in [-0.15, -0.1) is 0 Å². The second-order valence-corrected chi connectivity index (χ2v) is 5.86. The highest BCUT2D eigenvalue weighted by molar-refractivity contribution is 7.71. The number of H-pyrrole nitrogens is 1. The maximum absolute atomic E-state index is 13.5. The van der Waals surface area contributed by atoms with Crippen molar-refractivity contribution < 1.29 is 4.39 Å². The van der Waals surface area contributed by atoms with E-state index in [4.69, 9.17) is 12.2 Å². The van der Waals surface area contributed by atoms with Crippen molar-refractivity contribution >= 4 is 18.4 Å². The van der Waals surface area contributed by atoms with Gasteiger partial charge in [0.05, 0.1) is 18.1 Å². The predicted octanol–water partition coefficient (Wildman–Crippen LogP) is 3.81. The third kappa shape index (κ3) is 3.22. The van der Waals surface area contributed by atoms with E-state index in [2.05, 4.69) is 20.4 Å². The van der Waals surface area contributed by atoms with Crippen LogP contribution >= 0.6 is 12.2 Å². The van der Waals surface area contributed by atoms with E-state index in [0.717, 1.165) is 11.3 Å². The SMILES string of the molecule is Fc1cccc(-c2n[nH]c(=S)n2/N=C\c2cnn(-c3ccccc3)c2)c1. The number of aromatic amines is 1. The molecule has 0 spiro atoms. The van der Waals surface area contributed by atoms with Gasteiger partial charge in [0.25, 0.3) is 0 Å². The molecule has 0 amide bonds. The van der Waals surface area contributed by atoms with Crippen LogP contribution in [-0.2, 0) is 0 Å². The fourth-order valence-corrected chi connectivity index (χ4v) is 2.64. The highest BCUT2D eigenvalue weighted by Crippen LogP contribution is 2.18. The molecule has 0 saturated heterocycles. The third-order valence-corrected chi connectivity index (χ3v) is 3.94. The number of hydrogen-bond acceptors (Lipinski definition) is 4. The molecule has 2 heterocycles. The van der Waals surface area contributed by atoms with Gasteiger partial charge in [-0.1, -0.05) is 30.3 Å². The van der Waals surface area contributed by atoms with Crippen LogP contribution in [0.25, 0.3) is 17.1 Å². The van der Waals surface area contributed by atoms with Crippen molar-refractivity contribution in [3.63, 3.8) is 0 Å². The number of para-hydroxylation sites is 1. The number of halogens is 1. The molecule has 0 radical (unpaired) electrons. The molecule has 26 heavy (non-hydrogen) atoms. The Kier molecular flexibility index (Phi) is 4.24. The third-order valence-electron chi connectivity index (χ3n) is 3.68. The topological polar surface area (TPSA) is 63.8 Å². The lowest BCUT2D eigenvalue weighted by Crippen LogP contribution is -1.95. The molecule has 0 aliphatic heterocycles. The van der Waals surface area contributed by atoms with Crippen molar-refractivity contribution in [1.82, 2.24) is 24.7 Å². The number of benzene rings is 2. The van der Waals surface area contributed by atoms with E-state index in [0.29, 0.717) is 16.2 Å². The van der Waals surface area contributed by atoms with Gasteiger partial charge in [-0.2, -0.15) is 20.0 Å². The second-order valence-electron chi connectivity index (χ2n) is 5.47. The first-order chi connectivity index (χ1) is 12.7. The van der Waals surface area contributed by atoms with Crippen LogP contribution in [-0.4, -0.2) is 30.9 Å². The van der Waals surface area contributed by atoms with Gasteiger partial charge in [-0.25, -0.2) is 14.2 Å². The Bertz CT molecular complexity index is 1130. The van der Waals surface area contributed by atoms with E-state index in [9.17, 15) is 4.39 Å². The summed E-state index contributed by atoms with van der Waals surface area (Å²) in [5, 5.41) is 15.5. The summed E-state index contributed by atoms with van der Waals surface area (Å²) in [5.74, 6) is 0.0808. The summed E-state index contributed by atoms with van der Waals surface area (Å²) in [6.45, 7) is 0. The van der Waals surface area contributed by atoms with Crippen LogP contribution < -0.4 is 0 Å². The molecule has 128 valence electrons. The van der Waals surface area contributed by atoms with Gasteiger partial charge < -0.3 is 0 Å². The molecule has 0 saturated carbocycles. The minimum Gasteiger partial charge on any atom is -0.250 e. The van der Waals surface area contributed by atoms with Gasteiger partial charge in [0.1, 0.15) is 5.82 Å². The first kappa shape index (κ1) is 16.1. The van der Waals surface area contributed by atoms with Crippen molar-refractivity contribution in [2.24, 2.45) is 5.10 Å². The zero-order chi connectivity index (χ0) is 17.9. The van der Waals surface area contributed by atoms with Gasteiger partial charge in [0.2, 0.25) is 4.77 Å². The fraction of sp³-hybridized carbons (Fsp3) is 0. The Hall–Kier alpha value is -3.39. The Morgan fingerprint density at radius 3 is 2.77 bits per heavy atom. The molecule has 0 aliphatic carbocycles. The van der Waals surface area contributed by atoms with Crippen LogP contribution in [0.1, 0.15) is 5.56 Å². The Balaban J connectivity index is 1.65. The molecule has 4 rings (SSSR count). The van der Waals surface area contributed by atoms with Crippen LogP contribution in [0, 0.1) is 10.6 Å². The molecule has 6 nitrogen and oxygen atoms in total. The smallest absolute Gasteiger partial charge is 0.216 e. The van der Waals surface area contributed by atoms with E-state index < -0.39 is 0 Å². The minimum absolute atomic E-state index is 0.316. The molecule has 2 aromatic heterocycles. The average molecular weight is 364 g/mol. The first-order valence-electron chi connectivity index (χ1n) is 7.78. The highest BCUT2D eigenvalue weighted by Gasteiger charge is 2.09. The number of rotatable bonds is 4. The summed E-state index contributed by atoms with van der Waals surface area (Å²) < 4.78 is 17.0. The lowest BCUT2D eigenvalue weighted by Gasteiger charge is -2.00. The molecule has 0 fully saturated rings. The number of aromatic nitrogens is 5. The van der Waals surface area contributed by atoms with E-state index in [-0.39, 0.29) is 5.82 Å². The number of nitrogens with one attached hydrogen (secondary N) is 1. The van der Waals surface area contributed by atoms with Crippen molar-refractivity contribution in [2.75, 3.05) is 0 Å². The van der Waals surface area contributed by atoms with E-state index >= 15 is 0 Å². The second kappa shape index (κ2) is 6.85. The van der Waals surface area contributed by atoms with E-state index in [1.54, 1.807) is 29.2 Å². The monoisotopic (exact) mass is 364 g/mol. The summed E-state index contributed by atoms with van der Waals surface area (Å²) >= 11 is 5.22. The molecular formula is C18H13FN6S. The van der Waals surface area contributed by atoms with E-state index in [1.807, 2.05) is 36.5 Å². The van der Waals surface area contributed by atoms with Crippen LogP contribution in [0.4, 0.5) is 4.39 Å². The van der Waals surface area contributed by atoms with Gasteiger partial charge in [0, 0.05) is 17.3 Å². The van der Waals surface area contributed by atoms with Gasteiger partial charge in [-0.3, -0.25) is 0 Å². The van der Waals surface area contributed by atoms with Crippen molar-refractivity contribution in [1.29, 1.82) is 0 Å². The Morgan fingerprint density at radius 2 is 1.96 bits per heavy atom. The van der Waals surface area contributed by atoms with Gasteiger partial charge >= 0.3 is 0 Å². The molecule has 0 atom stereocenters. The standard InChI is InChI=1S/C18H13FN6S/c19-15-6-4-5-14(9-15)17-22-23-18(26)25(17)21-11-13-10-20-24(12-13)16-7-2-1-3-8-16/h1-12H,(H,23,26)/b21-11-. The molecule has 1 N–H and O–H groups in total. The Morgan fingerprint density at radius 1 is 1.12 bits per heavy atom. The van der Waals surface area contributed by atoms with Crippen molar-refractivity contribution in [3.05, 3.63) is 83.1 Å². The van der Waals surface area contributed by atoms with Crippen LogP contribution in [0.15, 0.2) is 72.1 Å². The zero-order valence-corrected chi connectivity index (χ0v) is 14.3. The normalized spacial score (nSPS) is 11.3. The fourth-order valence-electron chi connectivity index (χ4n) is 2.46. The van der Waals surface area contributed by atoms with Crippen LogP contribution in [0.3, 0.4) is 0 Å². The maximum Gasteiger partial charge on any atom is 0.216 e. The van der Waals surface area contributed by atoms with E-state index in [1.165, 1.54) is 16.8 Å². The van der Waals surface area contributed by atoms with Gasteiger partial charge in [-0.05, 0) is 36.5 Å². The molecule has 0 bridgehead atoms. The quantitative estimate of drug-likeness (QED) is 0.442. The summed E-state index contributed by atoms with van der Waals surface area (Å²) in [5.41, 5.74) is 2.32. The van der Waals surface area contributed by atoms with Crippen molar-refractivity contribution in [2.45, 2.75) is 0 Å². The minimum atomic E-state index is -0.351. The summed E-state index contributed by atoms with van der Waals surface area (Å²) in [4.78, 5) is 0. The molecular weight excluding hydrogens is 351 g/mol. The lowest BCUT2D eigenvalue weighted by atomic mass is 10.2. The summed E-state index contributed by atoms with van der Waals surface area (Å²) in [7, 11) is 0. The van der Waals surface area contributed by atoms with Gasteiger partial charge in [0.15, 0.2) is 5.82 Å². The van der Waals surface area contributed by atoms with Crippen molar-refractivity contribution in [3.8, 4) is 17.1 Å². The zero-order valence-electron chi connectivity index (χ0n) is 13.5. The number of hydrogen-bond donors (Lipinski definition) is 1. The average Bonchev–Trinajstić information content (AvgIpc) is 3.27. The molecule has 2 aromatic carbocycles. The summed E-state index contributed by atoms with van der Waals surface area (Å²) in [6.07, 6.45) is 5.17. The molecule has 4 aromatic rings. The largest absolute Gasteiger partial charge is 0.250 e. The Labute approximate surface area is 153 Å². The van der Waals surface area contributed by atoms with Crippen LogP contribution in [0.2, 0.25) is 0 Å². The number of nitrogens with zero attached hydrogens (tertiary/aromatic N) is 5. The molecule has 0 unspecified atom stereocenters. The molecule has 0 aliphatic rings. The first-order valence-corrected chi connectivity index (χ1v) is 8.19. The van der Waals surface area contributed by atoms with Crippen LogP contribution in [0.5, 0.6) is 0 Å². The highest BCUT2D eigenvalue weighted by atomic mass is 32.1. The maximum atomic E-state index is 13.5. The molecule has 8 heteroatoms. The summed E-state index contributed by atoms with van der Waals surface area (Å²) in [6, 6.07) is 15.9. The predicted molar refractivity (Wildman–Crippen MR) is 99.4 cm³/mol. The lowest BCUT2D eigenvalue weighted by molar-refractivity contribution is 0.628.